The van der Waals surface area contributed by atoms with Gasteiger partial charge in [-0.25, -0.2) is 0 Å². The van der Waals surface area contributed by atoms with E-state index < -0.39 is 0 Å². The molecule has 90 valence electrons. The monoisotopic (exact) mass is 231 g/mol. The lowest BCUT2D eigenvalue weighted by Crippen LogP contribution is -2.26. The SMILES string of the molecule is CC(=O)C(C)CNCCCCSC(C)C. The number of hydrogen-bond donors (Lipinski definition) is 1. The number of nitrogens with one attached hydrogen (secondary N) is 1. The quantitative estimate of drug-likeness (QED) is 0.619. The van der Waals surface area contributed by atoms with Gasteiger partial charge in [0.05, 0.1) is 0 Å². The number of hydrogen-bond acceptors (Lipinski definition) is 3. The highest BCUT2D eigenvalue weighted by Gasteiger charge is 2.05. The molecule has 0 aromatic rings. The first-order chi connectivity index (χ1) is 7.04. The summed E-state index contributed by atoms with van der Waals surface area (Å²) >= 11 is 2.02. The summed E-state index contributed by atoms with van der Waals surface area (Å²) in [6.45, 7) is 9.97. The third-order valence-corrected chi connectivity index (χ3v) is 3.53. The van der Waals surface area contributed by atoms with Gasteiger partial charge in [0.15, 0.2) is 0 Å². The van der Waals surface area contributed by atoms with E-state index in [9.17, 15) is 4.79 Å². The Labute approximate surface area is 98.6 Å². The van der Waals surface area contributed by atoms with Crippen molar-refractivity contribution >= 4 is 17.5 Å². The van der Waals surface area contributed by atoms with Crippen LogP contribution >= 0.6 is 11.8 Å². The van der Waals surface area contributed by atoms with Crippen LogP contribution in [0.15, 0.2) is 0 Å². The number of Topliss-reactive ketones (excluding diaryl/α,β-unsaturated/α-hetero) is 1. The maximum atomic E-state index is 10.9. The smallest absolute Gasteiger partial charge is 0.133 e. The van der Waals surface area contributed by atoms with Crippen molar-refractivity contribution in [2.45, 2.75) is 45.8 Å². The Kier molecular flexibility index (Phi) is 9.21. The molecule has 0 aromatic heterocycles. The normalized spacial score (nSPS) is 13.1. The van der Waals surface area contributed by atoms with Crippen molar-refractivity contribution < 1.29 is 4.79 Å². The lowest BCUT2D eigenvalue weighted by Gasteiger charge is -2.09. The molecule has 0 radical (unpaired) electrons. The average Bonchev–Trinajstić information content (AvgIpc) is 2.15. The molecule has 1 N–H and O–H groups in total. The lowest BCUT2D eigenvalue weighted by molar-refractivity contribution is -0.120. The molecule has 0 saturated carbocycles. The van der Waals surface area contributed by atoms with Crippen LogP contribution in [0.25, 0.3) is 0 Å². The first kappa shape index (κ1) is 15.0. The standard InChI is InChI=1S/C12H25NOS/c1-10(2)15-8-6-5-7-13-9-11(3)12(4)14/h10-11,13H,5-9H2,1-4H3. The Balaban J connectivity index is 3.15. The molecule has 0 bridgehead atoms. The first-order valence-electron chi connectivity index (χ1n) is 5.86. The zero-order chi connectivity index (χ0) is 11.7. The van der Waals surface area contributed by atoms with Gasteiger partial charge in [-0.1, -0.05) is 20.8 Å². The maximum absolute atomic E-state index is 10.9. The Morgan fingerprint density at radius 3 is 2.47 bits per heavy atom. The highest BCUT2D eigenvalue weighted by Crippen LogP contribution is 2.10. The second kappa shape index (κ2) is 9.22. The number of unbranched alkanes of at least 4 members (excludes halogenated alkanes) is 1. The van der Waals surface area contributed by atoms with E-state index in [1.165, 1.54) is 18.6 Å². The number of rotatable bonds is 9. The zero-order valence-electron chi connectivity index (χ0n) is 10.5. The Morgan fingerprint density at radius 1 is 1.27 bits per heavy atom. The molecular formula is C12H25NOS. The molecule has 0 aliphatic heterocycles. The molecule has 0 fully saturated rings. The Hall–Kier alpha value is -0.0200. The highest BCUT2D eigenvalue weighted by atomic mass is 32.2. The number of ketones is 1. The predicted octanol–water partition coefficient (Wildman–Crippen LogP) is 2.72. The largest absolute Gasteiger partial charge is 0.316 e. The van der Waals surface area contributed by atoms with E-state index in [1.807, 2.05) is 18.7 Å². The topological polar surface area (TPSA) is 29.1 Å². The van der Waals surface area contributed by atoms with Crippen molar-refractivity contribution in [3.8, 4) is 0 Å². The van der Waals surface area contributed by atoms with Gasteiger partial charge in [0.25, 0.3) is 0 Å². The molecule has 1 atom stereocenters. The maximum Gasteiger partial charge on any atom is 0.133 e. The van der Waals surface area contributed by atoms with E-state index in [0.29, 0.717) is 0 Å². The number of carbonyl (C=O) groups excluding carboxylic acids is 1. The van der Waals surface area contributed by atoms with Gasteiger partial charge in [-0.05, 0) is 37.3 Å². The minimum Gasteiger partial charge on any atom is -0.316 e. The van der Waals surface area contributed by atoms with E-state index in [2.05, 4.69) is 19.2 Å². The van der Waals surface area contributed by atoms with E-state index >= 15 is 0 Å². The summed E-state index contributed by atoms with van der Waals surface area (Å²) < 4.78 is 0. The second-order valence-electron chi connectivity index (χ2n) is 4.34. The molecule has 0 spiro atoms. The summed E-state index contributed by atoms with van der Waals surface area (Å²) in [7, 11) is 0. The van der Waals surface area contributed by atoms with Crippen LogP contribution in [-0.4, -0.2) is 29.9 Å². The van der Waals surface area contributed by atoms with E-state index in [-0.39, 0.29) is 11.7 Å². The summed E-state index contributed by atoms with van der Waals surface area (Å²) in [4.78, 5) is 10.9. The second-order valence-corrected chi connectivity index (χ2v) is 6.03. The van der Waals surface area contributed by atoms with Gasteiger partial charge < -0.3 is 5.32 Å². The summed E-state index contributed by atoms with van der Waals surface area (Å²) in [6, 6.07) is 0. The molecule has 1 unspecified atom stereocenters. The van der Waals surface area contributed by atoms with Crippen LogP contribution < -0.4 is 5.32 Å². The summed E-state index contributed by atoms with van der Waals surface area (Å²) in [5, 5.41) is 4.07. The molecular weight excluding hydrogens is 206 g/mol. The van der Waals surface area contributed by atoms with Crippen LogP contribution in [0.2, 0.25) is 0 Å². The molecule has 0 aliphatic carbocycles. The molecule has 0 aliphatic rings. The summed E-state index contributed by atoms with van der Waals surface area (Å²) in [5.74, 6) is 1.69. The molecule has 0 rings (SSSR count). The molecule has 0 amide bonds. The number of carbonyl (C=O) groups is 1. The third-order valence-electron chi connectivity index (χ3n) is 2.34. The van der Waals surface area contributed by atoms with Crippen LogP contribution in [0.4, 0.5) is 0 Å². The van der Waals surface area contributed by atoms with Crippen LogP contribution in [0.5, 0.6) is 0 Å². The fraction of sp³-hybridized carbons (Fsp3) is 0.917. The molecule has 0 saturated heterocycles. The van der Waals surface area contributed by atoms with Gasteiger partial charge in [0.1, 0.15) is 5.78 Å². The fourth-order valence-corrected chi connectivity index (χ4v) is 1.98. The van der Waals surface area contributed by atoms with Gasteiger partial charge >= 0.3 is 0 Å². The van der Waals surface area contributed by atoms with Crippen molar-refractivity contribution in [1.82, 2.24) is 5.32 Å². The molecule has 0 heterocycles. The van der Waals surface area contributed by atoms with Crippen molar-refractivity contribution in [3.05, 3.63) is 0 Å². The van der Waals surface area contributed by atoms with Crippen LogP contribution in [-0.2, 0) is 4.79 Å². The van der Waals surface area contributed by atoms with Crippen molar-refractivity contribution in [2.24, 2.45) is 5.92 Å². The van der Waals surface area contributed by atoms with Crippen molar-refractivity contribution in [3.63, 3.8) is 0 Å². The average molecular weight is 231 g/mol. The predicted molar refractivity (Wildman–Crippen MR) is 69.5 cm³/mol. The lowest BCUT2D eigenvalue weighted by atomic mass is 10.1. The molecule has 2 nitrogen and oxygen atoms in total. The Bertz CT molecular complexity index is 171. The molecule has 15 heavy (non-hydrogen) atoms. The van der Waals surface area contributed by atoms with Gasteiger partial charge in [0.2, 0.25) is 0 Å². The zero-order valence-corrected chi connectivity index (χ0v) is 11.3. The van der Waals surface area contributed by atoms with Gasteiger partial charge in [-0.15, -0.1) is 0 Å². The molecule has 3 heteroatoms. The van der Waals surface area contributed by atoms with Crippen LogP contribution in [0, 0.1) is 5.92 Å². The number of thioether (sulfide) groups is 1. The first-order valence-corrected chi connectivity index (χ1v) is 6.91. The van der Waals surface area contributed by atoms with Crippen molar-refractivity contribution in [1.29, 1.82) is 0 Å². The van der Waals surface area contributed by atoms with E-state index in [0.717, 1.165) is 18.3 Å². The minimum absolute atomic E-state index is 0.162. The third kappa shape index (κ3) is 10.3. The van der Waals surface area contributed by atoms with Gasteiger partial charge in [-0.2, -0.15) is 11.8 Å². The minimum atomic E-state index is 0.162. The summed E-state index contributed by atoms with van der Waals surface area (Å²) in [6.07, 6.45) is 2.48. The summed E-state index contributed by atoms with van der Waals surface area (Å²) in [5.41, 5.74) is 0. The van der Waals surface area contributed by atoms with Gasteiger partial charge in [-0.3, -0.25) is 4.79 Å². The van der Waals surface area contributed by atoms with Gasteiger partial charge in [0, 0.05) is 12.5 Å². The Morgan fingerprint density at radius 2 is 1.93 bits per heavy atom. The van der Waals surface area contributed by atoms with Crippen LogP contribution in [0.3, 0.4) is 0 Å². The van der Waals surface area contributed by atoms with Crippen LogP contribution in [0.1, 0.15) is 40.5 Å². The van der Waals surface area contributed by atoms with E-state index in [4.69, 9.17) is 0 Å². The highest BCUT2D eigenvalue weighted by molar-refractivity contribution is 7.99. The van der Waals surface area contributed by atoms with Crippen molar-refractivity contribution in [2.75, 3.05) is 18.8 Å². The van der Waals surface area contributed by atoms with E-state index in [1.54, 1.807) is 6.92 Å². The molecule has 0 aromatic carbocycles. The fourth-order valence-electron chi connectivity index (χ4n) is 1.13.